The van der Waals surface area contributed by atoms with Gasteiger partial charge in [-0.25, -0.2) is 4.79 Å². The van der Waals surface area contributed by atoms with Gasteiger partial charge in [-0.05, 0) is 64.3 Å². The highest BCUT2D eigenvalue weighted by atomic mass is 79.9. The molecule has 2 rings (SSSR count). The van der Waals surface area contributed by atoms with Crippen LogP contribution in [0.2, 0.25) is 5.02 Å². The number of carbonyl (C=O) groups is 1. The van der Waals surface area contributed by atoms with Crippen molar-refractivity contribution in [2.75, 3.05) is 0 Å². The van der Waals surface area contributed by atoms with Crippen LogP contribution in [0.3, 0.4) is 0 Å². The van der Waals surface area contributed by atoms with Gasteiger partial charge in [0.05, 0.1) is 4.47 Å². The van der Waals surface area contributed by atoms with Crippen molar-refractivity contribution >= 4 is 39.6 Å². The molecule has 0 bridgehead atoms. The number of carboxylic acids is 1. The summed E-state index contributed by atoms with van der Waals surface area (Å²) in [7, 11) is 0. The highest BCUT2D eigenvalue weighted by molar-refractivity contribution is 9.10. The lowest BCUT2D eigenvalue weighted by atomic mass is 10.2. The van der Waals surface area contributed by atoms with Crippen LogP contribution in [0.1, 0.15) is 11.1 Å². The monoisotopic (exact) mass is 366 g/mol. The lowest BCUT2D eigenvalue weighted by Crippen LogP contribution is -1.90. The van der Waals surface area contributed by atoms with E-state index in [1.165, 1.54) is 6.08 Å². The second-order valence-corrected chi connectivity index (χ2v) is 5.66. The van der Waals surface area contributed by atoms with Crippen LogP contribution in [-0.2, 0) is 4.79 Å². The lowest BCUT2D eigenvalue weighted by Gasteiger charge is -2.11. The highest BCUT2D eigenvalue weighted by Gasteiger charge is 2.06. The van der Waals surface area contributed by atoms with Crippen LogP contribution in [0.15, 0.2) is 46.9 Å². The molecule has 0 amide bonds. The zero-order valence-electron chi connectivity index (χ0n) is 11.1. The molecule has 0 aliphatic heterocycles. The molecule has 108 valence electrons. The van der Waals surface area contributed by atoms with E-state index in [1.54, 1.807) is 30.3 Å². The van der Waals surface area contributed by atoms with Crippen molar-refractivity contribution in [3.63, 3.8) is 0 Å². The molecule has 0 fully saturated rings. The van der Waals surface area contributed by atoms with Crippen molar-refractivity contribution < 1.29 is 14.6 Å². The molecule has 0 unspecified atom stereocenters. The minimum Gasteiger partial charge on any atom is -0.478 e. The first kappa shape index (κ1) is 15.6. The van der Waals surface area contributed by atoms with Gasteiger partial charge in [0.15, 0.2) is 0 Å². The van der Waals surface area contributed by atoms with Crippen molar-refractivity contribution in [3.05, 3.63) is 63.1 Å². The SMILES string of the molecule is Cc1ccc(Cl)cc1Oc1ccc(/C=C/C(=O)O)cc1Br. The van der Waals surface area contributed by atoms with Gasteiger partial charge in [0.1, 0.15) is 11.5 Å². The summed E-state index contributed by atoms with van der Waals surface area (Å²) in [6.45, 7) is 1.93. The van der Waals surface area contributed by atoms with Crippen molar-refractivity contribution in [2.24, 2.45) is 0 Å². The van der Waals surface area contributed by atoms with E-state index in [-0.39, 0.29) is 0 Å². The standard InChI is InChI=1S/C16H12BrClO3/c1-10-2-5-12(18)9-15(10)21-14-6-3-11(8-13(14)17)4-7-16(19)20/h2-9H,1H3,(H,19,20)/b7-4+. The van der Waals surface area contributed by atoms with Gasteiger partial charge in [0.2, 0.25) is 0 Å². The third-order valence-corrected chi connectivity index (χ3v) is 3.60. The number of aryl methyl sites for hydroxylation is 1. The summed E-state index contributed by atoms with van der Waals surface area (Å²) in [6, 6.07) is 10.8. The molecule has 0 radical (unpaired) electrons. The second-order valence-electron chi connectivity index (χ2n) is 4.37. The molecule has 0 atom stereocenters. The molecule has 0 saturated carbocycles. The number of hydrogen-bond acceptors (Lipinski definition) is 2. The fourth-order valence-electron chi connectivity index (χ4n) is 1.67. The quantitative estimate of drug-likeness (QED) is 0.746. The van der Waals surface area contributed by atoms with Gasteiger partial charge >= 0.3 is 5.97 Å². The van der Waals surface area contributed by atoms with Crippen LogP contribution in [-0.4, -0.2) is 11.1 Å². The van der Waals surface area contributed by atoms with Gasteiger partial charge in [-0.1, -0.05) is 23.7 Å². The maximum atomic E-state index is 10.5. The minimum atomic E-state index is -0.985. The molecule has 5 heteroatoms. The molecule has 0 aromatic heterocycles. The van der Waals surface area contributed by atoms with Crippen LogP contribution in [0.25, 0.3) is 6.08 Å². The van der Waals surface area contributed by atoms with Crippen molar-refractivity contribution in [3.8, 4) is 11.5 Å². The molecule has 1 N–H and O–H groups in total. The van der Waals surface area contributed by atoms with E-state index >= 15 is 0 Å². The van der Waals surface area contributed by atoms with Gasteiger partial charge in [0.25, 0.3) is 0 Å². The average molecular weight is 368 g/mol. The predicted octanol–water partition coefficient (Wildman–Crippen LogP) is 5.30. The van der Waals surface area contributed by atoms with E-state index < -0.39 is 5.97 Å². The molecule has 3 nitrogen and oxygen atoms in total. The summed E-state index contributed by atoms with van der Waals surface area (Å²) >= 11 is 9.38. The molecule has 2 aromatic carbocycles. The number of benzene rings is 2. The van der Waals surface area contributed by atoms with Crippen LogP contribution in [0.5, 0.6) is 11.5 Å². The molecule has 0 spiro atoms. The number of ether oxygens (including phenoxy) is 1. The number of rotatable bonds is 4. The fourth-order valence-corrected chi connectivity index (χ4v) is 2.31. The summed E-state index contributed by atoms with van der Waals surface area (Å²) in [5.74, 6) is 0.325. The summed E-state index contributed by atoms with van der Waals surface area (Å²) in [5, 5.41) is 9.22. The first-order valence-electron chi connectivity index (χ1n) is 6.10. The molecule has 21 heavy (non-hydrogen) atoms. The normalized spacial score (nSPS) is 10.8. The molecule has 0 heterocycles. The zero-order chi connectivity index (χ0) is 15.4. The number of halogens is 2. The van der Waals surface area contributed by atoms with E-state index in [1.807, 2.05) is 13.0 Å². The Balaban J connectivity index is 2.25. The van der Waals surface area contributed by atoms with E-state index in [4.69, 9.17) is 21.4 Å². The Morgan fingerprint density at radius 1 is 1.24 bits per heavy atom. The number of carboxylic acid groups (broad SMARTS) is 1. The van der Waals surface area contributed by atoms with Crippen LogP contribution in [0, 0.1) is 6.92 Å². The summed E-state index contributed by atoms with van der Waals surface area (Å²) in [5.41, 5.74) is 1.74. The molecule has 2 aromatic rings. The minimum absolute atomic E-state index is 0.604. The van der Waals surface area contributed by atoms with Crippen LogP contribution < -0.4 is 4.74 Å². The predicted molar refractivity (Wildman–Crippen MR) is 87.1 cm³/mol. The second kappa shape index (κ2) is 6.78. The van der Waals surface area contributed by atoms with Crippen molar-refractivity contribution in [2.45, 2.75) is 6.92 Å². The van der Waals surface area contributed by atoms with E-state index in [0.29, 0.717) is 16.5 Å². The largest absolute Gasteiger partial charge is 0.478 e. The van der Waals surface area contributed by atoms with Gasteiger partial charge in [-0.15, -0.1) is 0 Å². The average Bonchev–Trinajstić information content (AvgIpc) is 2.43. The Labute approximate surface area is 135 Å². The van der Waals surface area contributed by atoms with Gasteiger partial charge in [0, 0.05) is 11.1 Å². The Morgan fingerprint density at radius 3 is 2.67 bits per heavy atom. The molecule has 0 aliphatic carbocycles. The van der Waals surface area contributed by atoms with Crippen molar-refractivity contribution in [1.29, 1.82) is 0 Å². The zero-order valence-corrected chi connectivity index (χ0v) is 13.5. The first-order valence-corrected chi connectivity index (χ1v) is 7.27. The molecule has 0 aliphatic rings. The van der Waals surface area contributed by atoms with Crippen molar-refractivity contribution in [1.82, 2.24) is 0 Å². The Morgan fingerprint density at radius 2 is 2.00 bits per heavy atom. The van der Waals surface area contributed by atoms with Gasteiger partial charge in [-0.3, -0.25) is 0 Å². The Bertz CT molecular complexity index is 711. The van der Waals surface area contributed by atoms with E-state index in [9.17, 15) is 4.79 Å². The highest BCUT2D eigenvalue weighted by Crippen LogP contribution is 2.33. The third kappa shape index (κ3) is 4.34. The topological polar surface area (TPSA) is 46.5 Å². The van der Waals surface area contributed by atoms with Gasteiger partial charge < -0.3 is 9.84 Å². The van der Waals surface area contributed by atoms with E-state index in [2.05, 4.69) is 15.9 Å². The number of aliphatic carboxylic acids is 1. The molecule has 0 saturated heterocycles. The Hall–Kier alpha value is -1.78. The smallest absolute Gasteiger partial charge is 0.328 e. The maximum absolute atomic E-state index is 10.5. The first-order chi connectivity index (χ1) is 9.95. The molecular formula is C16H12BrClO3. The lowest BCUT2D eigenvalue weighted by molar-refractivity contribution is -0.131. The van der Waals surface area contributed by atoms with E-state index in [0.717, 1.165) is 21.7 Å². The third-order valence-electron chi connectivity index (χ3n) is 2.74. The summed E-state index contributed by atoms with van der Waals surface area (Å²) < 4.78 is 6.56. The summed E-state index contributed by atoms with van der Waals surface area (Å²) in [6.07, 6.45) is 2.60. The van der Waals surface area contributed by atoms with Crippen LogP contribution >= 0.6 is 27.5 Å². The fraction of sp³-hybridized carbons (Fsp3) is 0.0625. The Kier molecular flexibility index (Phi) is 5.04. The summed E-state index contributed by atoms with van der Waals surface area (Å²) in [4.78, 5) is 10.5. The number of hydrogen-bond donors (Lipinski definition) is 1. The van der Waals surface area contributed by atoms with Crippen LogP contribution in [0.4, 0.5) is 0 Å². The van der Waals surface area contributed by atoms with Gasteiger partial charge in [-0.2, -0.15) is 0 Å². The maximum Gasteiger partial charge on any atom is 0.328 e. The molecular weight excluding hydrogens is 356 g/mol.